The number of nitrogens with one attached hydrogen (secondary N) is 1. The van der Waals surface area contributed by atoms with Crippen LogP contribution in [0.1, 0.15) is 32.1 Å². The first kappa shape index (κ1) is 21.4. The van der Waals surface area contributed by atoms with Gasteiger partial charge in [0.2, 0.25) is 10.0 Å². The fraction of sp³-hybridized carbons (Fsp3) is 0.647. The van der Waals surface area contributed by atoms with Crippen molar-refractivity contribution >= 4 is 22.4 Å². The van der Waals surface area contributed by atoms with E-state index in [2.05, 4.69) is 4.72 Å². The van der Waals surface area contributed by atoms with Gasteiger partial charge in [-0.2, -0.15) is 0 Å². The molecule has 1 saturated heterocycles. The highest BCUT2D eigenvalue weighted by Gasteiger charge is 2.37. The zero-order valence-corrected chi connectivity index (χ0v) is 16.2. The van der Waals surface area contributed by atoms with E-state index in [1.165, 1.54) is 12.1 Å². The molecule has 1 saturated carbocycles. The zero-order valence-electron chi connectivity index (χ0n) is 14.6. The summed E-state index contributed by atoms with van der Waals surface area (Å²) in [5.41, 5.74) is 5.16. The molecule has 1 heterocycles. The fourth-order valence-corrected chi connectivity index (χ4v) is 4.91. The van der Waals surface area contributed by atoms with Gasteiger partial charge in [-0.15, -0.1) is 12.4 Å². The van der Waals surface area contributed by atoms with E-state index in [9.17, 15) is 12.8 Å². The topological polar surface area (TPSA) is 90.7 Å². The van der Waals surface area contributed by atoms with Crippen LogP contribution in [0.2, 0.25) is 0 Å². The Labute approximate surface area is 160 Å². The van der Waals surface area contributed by atoms with Crippen LogP contribution in [0.25, 0.3) is 0 Å². The SMILES string of the molecule is Cl.NCC1(NS(=O)(=O)c2ccc(OCC3CCOC3)c(F)c2)CCCC1. The first-order chi connectivity index (χ1) is 11.9. The molecule has 2 aliphatic rings. The van der Waals surface area contributed by atoms with Crippen LogP contribution in [-0.4, -0.2) is 40.3 Å². The number of nitrogens with two attached hydrogens (primary N) is 1. The van der Waals surface area contributed by atoms with E-state index in [0.29, 0.717) is 32.7 Å². The van der Waals surface area contributed by atoms with Gasteiger partial charge in [-0.1, -0.05) is 12.8 Å². The van der Waals surface area contributed by atoms with Crippen molar-refractivity contribution in [3.8, 4) is 5.75 Å². The number of sulfonamides is 1. The number of benzene rings is 1. The maximum atomic E-state index is 14.3. The second kappa shape index (κ2) is 8.84. The summed E-state index contributed by atoms with van der Waals surface area (Å²) in [6.45, 7) is 1.90. The first-order valence-electron chi connectivity index (χ1n) is 8.68. The largest absolute Gasteiger partial charge is 0.490 e. The lowest BCUT2D eigenvalue weighted by atomic mass is 10.0. The van der Waals surface area contributed by atoms with E-state index in [1.54, 1.807) is 0 Å². The molecule has 1 atom stereocenters. The van der Waals surface area contributed by atoms with Crippen LogP contribution in [0, 0.1) is 11.7 Å². The van der Waals surface area contributed by atoms with Gasteiger partial charge in [0.15, 0.2) is 11.6 Å². The smallest absolute Gasteiger partial charge is 0.241 e. The molecule has 1 aliphatic carbocycles. The highest BCUT2D eigenvalue weighted by molar-refractivity contribution is 7.89. The Balaban J connectivity index is 0.00000243. The second-order valence-corrected chi connectivity index (χ2v) is 8.61. The van der Waals surface area contributed by atoms with Crippen molar-refractivity contribution in [2.24, 2.45) is 11.7 Å². The summed E-state index contributed by atoms with van der Waals surface area (Å²) in [5, 5.41) is 0. The number of hydrogen-bond acceptors (Lipinski definition) is 5. The third-order valence-electron chi connectivity index (χ3n) is 5.01. The highest BCUT2D eigenvalue weighted by atomic mass is 35.5. The van der Waals surface area contributed by atoms with Crippen molar-refractivity contribution < 1.29 is 22.3 Å². The van der Waals surface area contributed by atoms with Crippen molar-refractivity contribution in [1.29, 1.82) is 0 Å². The molecule has 0 amide bonds. The molecule has 6 nitrogen and oxygen atoms in total. The minimum Gasteiger partial charge on any atom is -0.490 e. The van der Waals surface area contributed by atoms with Gasteiger partial charge in [-0.05, 0) is 37.5 Å². The summed E-state index contributed by atoms with van der Waals surface area (Å²) >= 11 is 0. The Bertz CT molecular complexity index is 705. The zero-order chi connectivity index (χ0) is 17.9. The number of ether oxygens (including phenoxy) is 2. The van der Waals surface area contributed by atoms with Crippen LogP contribution in [0.3, 0.4) is 0 Å². The van der Waals surface area contributed by atoms with Crippen LogP contribution in [0.15, 0.2) is 23.1 Å². The molecular weight excluding hydrogens is 383 g/mol. The average molecular weight is 409 g/mol. The predicted molar refractivity (Wildman–Crippen MR) is 98.6 cm³/mol. The van der Waals surface area contributed by atoms with Gasteiger partial charge in [-0.25, -0.2) is 17.5 Å². The molecule has 1 aromatic carbocycles. The first-order valence-corrected chi connectivity index (χ1v) is 10.2. The lowest BCUT2D eigenvalue weighted by Gasteiger charge is -2.28. The van der Waals surface area contributed by atoms with Gasteiger partial charge in [0.25, 0.3) is 0 Å². The number of halogens is 2. The van der Waals surface area contributed by atoms with Crippen LogP contribution < -0.4 is 15.2 Å². The quantitative estimate of drug-likeness (QED) is 0.721. The lowest BCUT2D eigenvalue weighted by molar-refractivity contribution is 0.165. The van der Waals surface area contributed by atoms with Gasteiger partial charge in [0.1, 0.15) is 0 Å². The van der Waals surface area contributed by atoms with E-state index >= 15 is 0 Å². The Morgan fingerprint density at radius 3 is 2.65 bits per heavy atom. The van der Waals surface area contributed by atoms with Gasteiger partial charge >= 0.3 is 0 Å². The van der Waals surface area contributed by atoms with E-state index in [-0.39, 0.29) is 35.5 Å². The van der Waals surface area contributed by atoms with Crippen LogP contribution in [0.5, 0.6) is 5.75 Å². The normalized spacial score (nSPS) is 22.2. The van der Waals surface area contributed by atoms with Gasteiger partial charge in [-0.3, -0.25) is 0 Å². The van der Waals surface area contributed by atoms with Crippen molar-refractivity contribution in [2.75, 3.05) is 26.4 Å². The summed E-state index contributed by atoms with van der Waals surface area (Å²) in [7, 11) is -3.83. The molecule has 0 radical (unpaired) electrons. The van der Waals surface area contributed by atoms with Crippen molar-refractivity contribution in [3.63, 3.8) is 0 Å². The molecule has 26 heavy (non-hydrogen) atoms. The predicted octanol–water partition coefficient (Wildman–Crippen LogP) is 2.21. The summed E-state index contributed by atoms with van der Waals surface area (Å²) in [5.74, 6) is -0.383. The summed E-state index contributed by atoms with van der Waals surface area (Å²) in [4.78, 5) is -0.110. The van der Waals surface area contributed by atoms with E-state index in [4.69, 9.17) is 15.2 Å². The van der Waals surface area contributed by atoms with E-state index in [1.807, 2.05) is 0 Å². The molecule has 3 N–H and O–H groups in total. The summed E-state index contributed by atoms with van der Waals surface area (Å²) < 4.78 is 52.9. The fourth-order valence-electron chi connectivity index (χ4n) is 3.43. The Morgan fingerprint density at radius 1 is 1.35 bits per heavy atom. The highest BCUT2D eigenvalue weighted by Crippen LogP contribution is 2.31. The summed E-state index contributed by atoms with van der Waals surface area (Å²) in [6, 6.07) is 3.73. The number of rotatable bonds is 7. The van der Waals surface area contributed by atoms with Gasteiger partial charge in [0, 0.05) is 24.6 Å². The minimum atomic E-state index is -3.83. The monoisotopic (exact) mass is 408 g/mol. The summed E-state index contributed by atoms with van der Waals surface area (Å²) in [6.07, 6.45) is 4.17. The van der Waals surface area contributed by atoms with Gasteiger partial charge in [0.05, 0.1) is 18.1 Å². The molecule has 0 spiro atoms. The number of hydrogen-bond donors (Lipinski definition) is 2. The van der Waals surface area contributed by atoms with Crippen LogP contribution >= 0.6 is 12.4 Å². The Kier molecular flexibility index (Phi) is 7.27. The maximum absolute atomic E-state index is 14.3. The molecule has 9 heteroatoms. The Morgan fingerprint density at radius 2 is 2.08 bits per heavy atom. The Hall–Kier alpha value is -0.930. The maximum Gasteiger partial charge on any atom is 0.241 e. The second-order valence-electron chi connectivity index (χ2n) is 6.93. The van der Waals surface area contributed by atoms with Crippen LogP contribution in [0.4, 0.5) is 4.39 Å². The standard InChI is InChI=1S/C17H25FN2O4S.ClH/c18-15-9-14(3-4-16(15)24-11-13-5-8-23-10-13)25(21,22)20-17(12-19)6-1-2-7-17;/h3-4,9,13,20H,1-2,5-8,10-12,19H2;1H. The van der Waals surface area contributed by atoms with Crippen LogP contribution in [-0.2, 0) is 14.8 Å². The molecule has 2 fully saturated rings. The molecular formula is C17H26ClFN2O4S. The van der Waals surface area contributed by atoms with Gasteiger partial charge < -0.3 is 15.2 Å². The van der Waals surface area contributed by atoms with Crippen molar-refractivity contribution in [2.45, 2.75) is 42.5 Å². The molecule has 148 valence electrons. The molecule has 1 unspecified atom stereocenters. The van der Waals surface area contributed by atoms with Crippen molar-refractivity contribution in [3.05, 3.63) is 24.0 Å². The molecule has 1 aliphatic heterocycles. The molecule has 0 aromatic heterocycles. The third kappa shape index (κ3) is 4.86. The molecule has 0 bridgehead atoms. The lowest BCUT2D eigenvalue weighted by Crippen LogP contribution is -2.51. The van der Waals surface area contributed by atoms with E-state index < -0.39 is 21.4 Å². The van der Waals surface area contributed by atoms with Crippen molar-refractivity contribution in [1.82, 2.24) is 4.72 Å². The third-order valence-corrected chi connectivity index (χ3v) is 6.59. The minimum absolute atomic E-state index is 0. The molecule has 3 rings (SSSR count). The van der Waals surface area contributed by atoms with E-state index in [0.717, 1.165) is 25.3 Å². The molecule has 1 aromatic rings. The average Bonchev–Trinajstić information content (AvgIpc) is 3.25.